The van der Waals surface area contributed by atoms with Crippen molar-refractivity contribution in [3.05, 3.63) is 0 Å². The maximum atomic E-state index is 11.7. The second-order valence-corrected chi connectivity index (χ2v) is 13.6. The van der Waals surface area contributed by atoms with E-state index in [1.165, 1.54) is 0 Å². The zero-order valence-corrected chi connectivity index (χ0v) is 20.8. The van der Waals surface area contributed by atoms with Crippen molar-refractivity contribution in [3.8, 4) is 0 Å². The molecule has 4 N–H and O–H groups in total. The zero-order valence-electron chi connectivity index (χ0n) is 20.8. The van der Waals surface area contributed by atoms with Crippen LogP contribution in [0, 0.1) is 46.3 Å². The highest BCUT2D eigenvalue weighted by Gasteiger charge is 2.72. The molecule has 0 amide bonds. The van der Waals surface area contributed by atoms with Crippen LogP contribution in [-0.4, -0.2) is 56.4 Å². The maximum absolute atomic E-state index is 11.7. The van der Waals surface area contributed by atoms with E-state index in [2.05, 4.69) is 20.8 Å². The van der Waals surface area contributed by atoms with Gasteiger partial charge in [0.1, 0.15) is 0 Å². The van der Waals surface area contributed by atoms with Crippen molar-refractivity contribution in [3.63, 3.8) is 0 Å². The molecule has 0 aromatic carbocycles. The number of hydrogen-bond donors (Lipinski definition) is 4. The van der Waals surface area contributed by atoms with Crippen LogP contribution in [-0.2, 0) is 9.47 Å². The van der Waals surface area contributed by atoms with Crippen LogP contribution in [0.2, 0.25) is 0 Å². The number of aliphatic hydroxyl groups excluding tert-OH is 1. The fraction of sp³-hybridized carbons (Fsp3) is 1.00. The molecule has 2 aliphatic heterocycles. The van der Waals surface area contributed by atoms with Crippen LogP contribution in [0.3, 0.4) is 0 Å². The molecule has 2 saturated heterocycles. The van der Waals surface area contributed by atoms with Gasteiger partial charge in [0, 0.05) is 30.6 Å². The van der Waals surface area contributed by atoms with E-state index in [4.69, 9.17) is 9.47 Å². The third kappa shape index (κ3) is 2.88. The van der Waals surface area contributed by atoms with E-state index in [-0.39, 0.29) is 42.6 Å². The third-order valence-electron chi connectivity index (χ3n) is 12.1. The first-order valence-corrected chi connectivity index (χ1v) is 13.5. The van der Waals surface area contributed by atoms with Crippen LogP contribution in [0.4, 0.5) is 0 Å². The average Bonchev–Trinajstić information content (AvgIpc) is 3.18. The molecule has 1 spiro atoms. The third-order valence-corrected chi connectivity index (χ3v) is 12.1. The molecule has 4 saturated carbocycles. The van der Waals surface area contributed by atoms with Gasteiger partial charge in [0.15, 0.2) is 11.6 Å². The number of ether oxygens (including phenoxy) is 2. The number of rotatable bonds is 0. The van der Waals surface area contributed by atoms with E-state index in [1.807, 2.05) is 6.92 Å². The summed E-state index contributed by atoms with van der Waals surface area (Å²) in [5.41, 5.74) is -1.82. The standard InChI is InChI=1S/C27H44O6/c1-15-5-8-27(32-13-15)16(2)22-20(33-27)12-19-17-11-21(28)26(31)10-9-25(29,30)14-24(26,4)18(17)6-7-23(19,22)3/h15-22,28-31H,5-14H2,1-4H3/t15-,16+,17-,18+,19+,20+,21-,22+,23+,24-,26+,27-/m1/s1. The van der Waals surface area contributed by atoms with Crippen molar-refractivity contribution in [2.24, 2.45) is 46.3 Å². The monoisotopic (exact) mass is 464 g/mol. The lowest BCUT2D eigenvalue weighted by Gasteiger charge is -2.66. The molecule has 6 rings (SSSR count). The number of aliphatic hydroxyl groups is 4. The minimum absolute atomic E-state index is 0.116. The molecule has 6 nitrogen and oxygen atoms in total. The van der Waals surface area contributed by atoms with Crippen LogP contribution < -0.4 is 0 Å². The van der Waals surface area contributed by atoms with E-state index < -0.39 is 28.7 Å². The number of fused-ring (bicyclic) bond motifs is 7. The molecule has 4 aliphatic carbocycles. The Bertz CT molecular complexity index is 806. The summed E-state index contributed by atoms with van der Waals surface area (Å²) in [5.74, 6) is 0.0493. The summed E-state index contributed by atoms with van der Waals surface area (Å²) >= 11 is 0. The molecule has 0 radical (unpaired) electrons. The van der Waals surface area contributed by atoms with E-state index >= 15 is 0 Å². The summed E-state index contributed by atoms with van der Waals surface area (Å²) in [7, 11) is 0. The fourth-order valence-corrected chi connectivity index (χ4v) is 10.4. The lowest BCUT2D eigenvalue weighted by Crippen LogP contribution is -2.70. The van der Waals surface area contributed by atoms with Gasteiger partial charge in [-0.3, -0.25) is 0 Å². The first-order valence-electron chi connectivity index (χ1n) is 13.5. The van der Waals surface area contributed by atoms with Crippen LogP contribution in [0.15, 0.2) is 0 Å². The molecule has 0 aromatic rings. The van der Waals surface area contributed by atoms with Gasteiger partial charge >= 0.3 is 0 Å². The van der Waals surface area contributed by atoms with Crippen molar-refractivity contribution in [2.45, 2.75) is 115 Å². The van der Waals surface area contributed by atoms with Gasteiger partial charge < -0.3 is 29.9 Å². The first kappa shape index (κ1) is 23.2. The lowest BCUT2D eigenvalue weighted by molar-refractivity contribution is -0.313. The maximum Gasteiger partial charge on any atom is 0.171 e. The molecule has 12 atom stereocenters. The Kier molecular flexibility index (Phi) is 4.88. The van der Waals surface area contributed by atoms with Crippen LogP contribution in [0.1, 0.15) is 85.5 Å². The second kappa shape index (κ2) is 6.95. The summed E-state index contributed by atoms with van der Waals surface area (Å²) < 4.78 is 13.2. The van der Waals surface area contributed by atoms with E-state index in [1.54, 1.807) is 0 Å². The molecule has 33 heavy (non-hydrogen) atoms. The SMILES string of the molecule is C[C@@H]1CC[C@@]2(OC1)O[C@H]1C[C@H]3[C@@H]4C[C@@H](O)[C@@]5(O)CCC(O)(O)C[C@]5(C)[C@H]4CC[C@]3(C)[C@H]1[C@@H]2C. The molecular formula is C27H44O6. The topological polar surface area (TPSA) is 99.4 Å². The Hall–Kier alpha value is -0.240. The zero-order chi connectivity index (χ0) is 23.6. The predicted octanol–water partition coefficient (Wildman–Crippen LogP) is 3.20. The normalized spacial score (nSPS) is 61.8. The Morgan fingerprint density at radius 3 is 2.33 bits per heavy atom. The fourth-order valence-electron chi connectivity index (χ4n) is 10.4. The Morgan fingerprint density at radius 1 is 0.879 bits per heavy atom. The van der Waals surface area contributed by atoms with Gasteiger partial charge in [-0.15, -0.1) is 0 Å². The van der Waals surface area contributed by atoms with Gasteiger partial charge in [0.05, 0.1) is 24.4 Å². The smallest absolute Gasteiger partial charge is 0.171 e. The Labute approximate surface area is 198 Å². The van der Waals surface area contributed by atoms with Gasteiger partial charge in [-0.25, -0.2) is 0 Å². The first-order chi connectivity index (χ1) is 15.4. The summed E-state index contributed by atoms with van der Waals surface area (Å²) in [5, 5.41) is 44.1. The van der Waals surface area contributed by atoms with Crippen molar-refractivity contribution in [1.82, 2.24) is 0 Å². The molecule has 0 aromatic heterocycles. The second-order valence-electron chi connectivity index (χ2n) is 13.6. The van der Waals surface area contributed by atoms with Gasteiger partial charge in [-0.05, 0) is 73.5 Å². The van der Waals surface area contributed by atoms with Crippen molar-refractivity contribution < 1.29 is 29.9 Å². The highest BCUT2D eigenvalue weighted by molar-refractivity contribution is 5.20. The number of hydrogen-bond acceptors (Lipinski definition) is 6. The van der Waals surface area contributed by atoms with E-state index in [0.717, 1.165) is 38.7 Å². The minimum Gasteiger partial charge on any atom is -0.390 e. The Balaban J connectivity index is 1.31. The van der Waals surface area contributed by atoms with Crippen LogP contribution in [0.5, 0.6) is 0 Å². The summed E-state index contributed by atoms with van der Waals surface area (Å²) in [4.78, 5) is 0. The van der Waals surface area contributed by atoms with Crippen LogP contribution in [0.25, 0.3) is 0 Å². The molecule has 6 fully saturated rings. The summed E-state index contributed by atoms with van der Waals surface area (Å²) in [6.07, 6.45) is 5.60. The summed E-state index contributed by atoms with van der Waals surface area (Å²) in [6, 6.07) is 0. The van der Waals surface area contributed by atoms with Crippen molar-refractivity contribution in [1.29, 1.82) is 0 Å². The molecular weight excluding hydrogens is 420 g/mol. The van der Waals surface area contributed by atoms with E-state index in [0.29, 0.717) is 30.1 Å². The van der Waals surface area contributed by atoms with Gasteiger partial charge in [-0.2, -0.15) is 0 Å². The minimum atomic E-state index is -1.77. The van der Waals surface area contributed by atoms with Crippen molar-refractivity contribution >= 4 is 0 Å². The summed E-state index contributed by atoms with van der Waals surface area (Å²) in [6.45, 7) is 9.82. The molecule has 6 heteroatoms. The van der Waals surface area contributed by atoms with Crippen molar-refractivity contribution in [2.75, 3.05) is 6.61 Å². The molecule has 0 unspecified atom stereocenters. The largest absolute Gasteiger partial charge is 0.390 e. The highest BCUT2D eigenvalue weighted by Crippen LogP contribution is 2.72. The molecule has 0 bridgehead atoms. The molecule has 2 heterocycles. The quantitative estimate of drug-likeness (QED) is 0.411. The highest BCUT2D eigenvalue weighted by atomic mass is 16.7. The van der Waals surface area contributed by atoms with Gasteiger partial charge in [0.25, 0.3) is 0 Å². The molecule has 188 valence electrons. The van der Waals surface area contributed by atoms with Gasteiger partial charge in [0.2, 0.25) is 0 Å². The Morgan fingerprint density at radius 2 is 1.64 bits per heavy atom. The average molecular weight is 465 g/mol. The van der Waals surface area contributed by atoms with Gasteiger partial charge in [-0.1, -0.05) is 27.7 Å². The predicted molar refractivity (Wildman–Crippen MR) is 122 cm³/mol. The molecule has 6 aliphatic rings. The van der Waals surface area contributed by atoms with E-state index in [9.17, 15) is 20.4 Å². The lowest BCUT2D eigenvalue weighted by atomic mass is 9.42. The van der Waals surface area contributed by atoms with Crippen LogP contribution >= 0.6 is 0 Å².